The molecule has 1 aliphatic rings. The van der Waals surface area contributed by atoms with Crippen LogP contribution in [-0.2, 0) is 42.9 Å². The van der Waals surface area contributed by atoms with E-state index < -0.39 is 42.9 Å². The summed E-state index contributed by atoms with van der Waals surface area (Å²) >= 11 is 12.5. The van der Waals surface area contributed by atoms with Crippen molar-refractivity contribution < 1.29 is 47.7 Å². The molecule has 0 spiro atoms. The highest BCUT2D eigenvalue weighted by Crippen LogP contribution is 2.44. The number of fused-ring (bicyclic) bond motifs is 1. The number of hydrogen-bond donors (Lipinski definition) is 0. The SMILES string of the molecule is CCCCCCCCCCCCCCCC(=O)OCC(COC(=O)CCCCCCCCCCCCCCC)OC(=O)CCC(=O)OCOC(=O)N(C)[C@H]1CCC(c2ccc(Cl)c(Cl)c2)c2ccccc21. The second-order valence-electron chi connectivity index (χ2n) is 19.6. The number of ether oxygens (including phenoxy) is 5. The number of carbonyl (C=O) groups excluding carboxylic acids is 5. The van der Waals surface area contributed by atoms with Crippen LogP contribution in [0.4, 0.5) is 4.79 Å². The van der Waals surface area contributed by atoms with Crippen molar-refractivity contribution in [2.75, 3.05) is 27.1 Å². The number of carbonyl (C=O) groups is 5. The van der Waals surface area contributed by atoms with E-state index in [1.54, 1.807) is 13.1 Å². The molecule has 0 bridgehead atoms. The molecule has 0 saturated carbocycles. The van der Waals surface area contributed by atoms with E-state index in [2.05, 4.69) is 13.8 Å². The summed E-state index contributed by atoms with van der Waals surface area (Å²) in [5.41, 5.74) is 3.10. The highest BCUT2D eigenvalue weighted by molar-refractivity contribution is 6.42. The third kappa shape index (κ3) is 27.2. The number of amides is 1. The van der Waals surface area contributed by atoms with Gasteiger partial charge in [0.15, 0.2) is 6.10 Å². The molecule has 1 aliphatic carbocycles. The van der Waals surface area contributed by atoms with Gasteiger partial charge in [0.25, 0.3) is 0 Å². The monoisotopic (exact) mass is 1030 g/mol. The van der Waals surface area contributed by atoms with Crippen LogP contribution in [0.2, 0.25) is 10.0 Å². The topological polar surface area (TPSA) is 135 Å². The third-order valence-corrected chi connectivity index (χ3v) is 14.4. The first kappa shape index (κ1) is 61.5. The minimum Gasteiger partial charge on any atom is -0.462 e. The van der Waals surface area contributed by atoms with Gasteiger partial charge in [-0.15, -0.1) is 0 Å². The highest BCUT2D eigenvalue weighted by Gasteiger charge is 2.33. The Morgan fingerprint density at radius 3 is 1.42 bits per heavy atom. The van der Waals surface area contributed by atoms with Crippen molar-refractivity contribution >= 4 is 53.2 Å². The summed E-state index contributed by atoms with van der Waals surface area (Å²) in [5.74, 6) is -2.26. The lowest BCUT2D eigenvalue weighted by Crippen LogP contribution is -2.35. The maximum Gasteiger partial charge on any atom is 0.412 e. The van der Waals surface area contributed by atoms with Gasteiger partial charge in [-0.05, 0) is 54.5 Å². The maximum atomic E-state index is 13.1. The number of esters is 4. The van der Waals surface area contributed by atoms with E-state index in [0.717, 1.165) is 61.6 Å². The molecule has 0 aliphatic heterocycles. The molecule has 71 heavy (non-hydrogen) atoms. The fraction of sp³-hybridized carbons (Fsp3) is 0.707. The van der Waals surface area contributed by atoms with Crippen molar-refractivity contribution in [1.82, 2.24) is 4.90 Å². The van der Waals surface area contributed by atoms with Gasteiger partial charge in [-0.25, -0.2) is 4.79 Å². The largest absolute Gasteiger partial charge is 0.462 e. The third-order valence-electron chi connectivity index (χ3n) is 13.6. The highest BCUT2D eigenvalue weighted by atomic mass is 35.5. The molecule has 11 nitrogen and oxygen atoms in total. The molecule has 1 amide bonds. The average molecular weight is 1030 g/mol. The van der Waals surface area contributed by atoms with Crippen LogP contribution in [0.25, 0.3) is 0 Å². The molecule has 0 N–H and O–H groups in total. The fourth-order valence-corrected chi connectivity index (χ4v) is 9.65. The molecule has 2 aromatic carbocycles. The molecule has 2 atom stereocenters. The number of unbranched alkanes of at least 4 members (excludes halogenated alkanes) is 24. The van der Waals surface area contributed by atoms with Crippen molar-refractivity contribution in [2.24, 2.45) is 0 Å². The molecule has 13 heteroatoms. The second kappa shape index (κ2) is 38.7. The first-order chi connectivity index (χ1) is 34.5. The number of nitrogens with zero attached hydrogens (tertiary/aromatic N) is 1. The van der Waals surface area contributed by atoms with Crippen LogP contribution in [-0.4, -0.2) is 68.0 Å². The van der Waals surface area contributed by atoms with Gasteiger partial charge in [-0.2, -0.15) is 0 Å². The number of rotatable bonds is 40. The molecule has 0 heterocycles. The van der Waals surface area contributed by atoms with Gasteiger partial charge in [-0.3, -0.25) is 19.2 Å². The second-order valence-corrected chi connectivity index (χ2v) is 20.4. The zero-order valence-electron chi connectivity index (χ0n) is 43.8. The summed E-state index contributed by atoms with van der Waals surface area (Å²) < 4.78 is 27.0. The molecule has 0 aromatic heterocycles. The minimum absolute atomic E-state index is 0.0761. The Bertz CT molecular complexity index is 1760. The Balaban J connectivity index is 1.38. The summed E-state index contributed by atoms with van der Waals surface area (Å²) in [5, 5.41) is 0.977. The number of benzene rings is 2. The molecule has 400 valence electrons. The van der Waals surface area contributed by atoms with Crippen LogP contribution in [0.1, 0.15) is 248 Å². The molecular weight excluding hydrogens is 942 g/mol. The predicted molar refractivity (Wildman–Crippen MR) is 284 cm³/mol. The first-order valence-corrected chi connectivity index (χ1v) is 28.4. The minimum atomic E-state index is -1.04. The van der Waals surface area contributed by atoms with Crippen LogP contribution >= 0.6 is 23.2 Å². The molecule has 1 unspecified atom stereocenters. The molecule has 0 radical (unpaired) electrons. The van der Waals surface area contributed by atoms with Crippen molar-refractivity contribution in [2.45, 2.75) is 237 Å². The fourth-order valence-electron chi connectivity index (χ4n) is 9.35. The molecule has 3 rings (SSSR count). The van der Waals surface area contributed by atoms with Crippen LogP contribution in [0, 0.1) is 0 Å². The molecular formula is C58H89Cl2NO10. The lowest BCUT2D eigenvalue weighted by Gasteiger charge is -2.36. The quantitative estimate of drug-likeness (QED) is 0.0275. The number of hydrogen-bond acceptors (Lipinski definition) is 10. The Morgan fingerprint density at radius 1 is 0.507 bits per heavy atom. The summed E-state index contributed by atoms with van der Waals surface area (Å²) in [6.45, 7) is 3.30. The summed E-state index contributed by atoms with van der Waals surface area (Å²) in [6, 6.07) is 13.3. The molecule has 2 aromatic rings. The standard InChI is InChI=1S/C58H89Cl2NO10/c1-4-6-8-10-12-14-16-18-20-22-24-26-28-34-54(62)67-43-47(44-68-55(63)35-29-27-25-23-21-19-17-15-13-11-9-7-5-2)71-57(65)41-40-56(64)69-45-70-58(66)61(3)53-39-37-48(49-32-30-31-33-50(49)53)46-36-38-51(59)52(60)42-46/h30-33,36,38,42,47-48,53H,4-29,34-35,37,39-41,43-45H2,1-3H3/t48?,53-/m0/s1. The maximum absolute atomic E-state index is 13.1. The van der Waals surface area contributed by atoms with E-state index in [0.29, 0.717) is 29.3 Å². The van der Waals surface area contributed by atoms with Crippen molar-refractivity contribution in [3.8, 4) is 0 Å². The smallest absolute Gasteiger partial charge is 0.412 e. The lowest BCUT2D eigenvalue weighted by atomic mass is 9.76. The predicted octanol–water partition coefficient (Wildman–Crippen LogP) is 16.3. The van der Waals surface area contributed by atoms with E-state index in [4.69, 9.17) is 46.9 Å². The van der Waals surface area contributed by atoms with Gasteiger partial charge >= 0.3 is 30.0 Å². The van der Waals surface area contributed by atoms with Crippen molar-refractivity contribution in [1.29, 1.82) is 0 Å². The zero-order valence-corrected chi connectivity index (χ0v) is 45.3. The van der Waals surface area contributed by atoms with Gasteiger partial charge in [0, 0.05) is 25.8 Å². The normalized spacial score (nSPS) is 14.2. The summed E-state index contributed by atoms with van der Waals surface area (Å²) in [6.07, 6.45) is 30.7. The summed E-state index contributed by atoms with van der Waals surface area (Å²) in [4.78, 5) is 65.6. The molecule has 0 saturated heterocycles. The average Bonchev–Trinajstić information content (AvgIpc) is 3.37. The zero-order chi connectivity index (χ0) is 51.3. The molecule has 0 fully saturated rings. The van der Waals surface area contributed by atoms with E-state index in [1.165, 1.54) is 120 Å². The van der Waals surface area contributed by atoms with Crippen molar-refractivity contribution in [3.05, 3.63) is 69.2 Å². The number of halogens is 2. The first-order valence-electron chi connectivity index (χ1n) is 27.6. The van der Waals surface area contributed by atoms with E-state index >= 15 is 0 Å². The summed E-state index contributed by atoms with van der Waals surface area (Å²) in [7, 11) is 1.64. The van der Waals surface area contributed by atoms with Crippen LogP contribution in [0.15, 0.2) is 42.5 Å². The Kier molecular flexibility index (Phi) is 33.5. The van der Waals surface area contributed by atoms with Gasteiger partial charge in [0.05, 0.1) is 28.9 Å². The van der Waals surface area contributed by atoms with Crippen molar-refractivity contribution in [3.63, 3.8) is 0 Å². The van der Waals surface area contributed by atoms with E-state index in [1.807, 2.05) is 36.4 Å². The van der Waals surface area contributed by atoms with E-state index in [9.17, 15) is 24.0 Å². The Morgan fingerprint density at radius 2 is 0.944 bits per heavy atom. The Labute approximate surface area is 437 Å². The van der Waals surface area contributed by atoms with Gasteiger partial charge in [0.2, 0.25) is 6.79 Å². The van der Waals surface area contributed by atoms with Crippen LogP contribution < -0.4 is 0 Å². The van der Waals surface area contributed by atoms with Gasteiger partial charge < -0.3 is 28.6 Å². The lowest BCUT2D eigenvalue weighted by molar-refractivity contribution is -0.168. The van der Waals surface area contributed by atoms with Crippen LogP contribution in [0.3, 0.4) is 0 Å². The van der Waals surface area contributed by atoms with Gasteiger partial charge in [0.1, 0.15) is 13.2 Å². The van der Waals surface area contributed by atoms with Crippen LogP contribution in [0.5, 0.6) is 0 Å². The Hall–Kier alpha value is -3.83. The van der Waals surface area contributed by atoms with Gasteiger partial charge in [-0.1, -0.05) is 221 Å². The van der Waals surface area contributed by atoms with E-state index in [-0.39, 0.29) is 50.9 Å².